The number of carboxylic acid groups (broad SMARTS) is 1. The number of halogens is 2. The molecule has 1 aromatic carbocycles. The molecule has 19 heavy (non-hydrogen) atoms. The minimum absolute atomic E-state index is 0.0280. The summed E-state index contributed by atoms with van der Waals surface area (Å²) in [7, 11) is 0. The maximum atomic E-state index is 11.1. The van der Waals surface area contributed by atoms with Gasteiger partial charge >= 0.3 is 5.97 Å². The van der Waals surface area contributed by atoms with E-state index in [1.54, 1.807) is 6.20 Å². The summed E-state index contributed by atoms with van der Waals surface area (Å²) in [6.07, 6.45) is 1.90. The number of hydrogen-bond acceptors (Lipinski definition) is 3. The predicted molar refractivity (Wildman–Crippen MR) is 81.7 cm³/mol. The second-order valence-corrected chi connectivity index (χ2v) is 5.92. The standard InChI is InChI=1S/C12H10BrIN2O3/c13-9-2-1-8(14)5-10(9)16-6-7(3-4-17)11(15-16)12(18)19/h1-2,5-6,17H,3-4H2,(H,18,19). The summed E-state index contributed by atoms with van der Waals surface area (Å²) in [6, 6.07) is 5.71. The van der Waals surface area contributed by atoms with E-state index in [1.165, 1.54) is 4.68 Å². The fourth-order valence-electron chi connectivity index (χ4n) is 1.68. The van der Waals surface area contributed by atoms with Crippen molar-refractivity contribution in [3.63, 3.8) is 0 Å². The topological polar surface area (TPSA) is 75.3 Å². The van der Waals surface area contributed by atoms with Crippen LogP contribution < -0.4 is 0 Å². The van der Waals surface area contributed by atoms with Crippen molar-refractivity contribution in [1.82, 2.24) is 9.78 Å². The maximum absolute atomic E-state index is 11.1. The molecule has 0 fully saturated rings. The summed E-state index contributed by atoms with van der Waals surface area (Å²) in [5, 5.41) is 22.1. The van der Waals surface area contributed by atoms with E-state index >= 15 is 0 Å². The number of aliphatic hydroxyl groups is 1. The maximum Gasteiger partial charge on any atom is 0.356 e. The molecule has 2 aromatic rings. The van der Waals surface area contributed by atoms with Gasteiger partial charge < -0.3 is 10.2 Å². The minimum atomic E-state index is -1.09. The van der Waals surface area contributed by atoms with Crippen LogP contribution in [-0.4, -0.2) is 32.6 Å². The molecular weight excluding hydrogens is 427 g/mol. The largest absolute Gasteiger partial charge is 0.476 e. The van der Waals surface area contributed by atoms with Crippen LogP contribution >= 0.6 is 38.5 Å². The van der Waals surface area contributed by atoms with E-state index in [0.717, 1.165) is 13.7 Å². The zero-order chi connectivity index (χ0) is 14.0. The Balaban J connectivity index is 2.53. The lowest BCUT2D eigenvalue weighted by atomic mass is 10.2. The van der Waals surface area contributed by atoms with Crippen LogP contribution in [0.15, 0.2) is 28.9 Å². The smallest absolute Gasteiger partial charge is 0.356 e. The molecule has 0 amide bonds. The first-order chi connectivity index (χ1) is 9.02. The van der Waals surface area contributed by atoms with E-state index in [2.05, 4.69) is 43.6 Å². The Morgan fingerprint density at radius 2 is 2.21 bits per heavy atom. The number of aromatic carboxylic acids is 1. The molecular formula is C12H10BrIN2O3. The Kier molecular flexibility index (Phi) is 4.58. The Morgan fingerprint density at radius 1 is 1.47 bits per heavy atom. The van der Waals surface area contributed by atoms with Gasteiger partial charge in [0.05, 0.1) is 5.69 Å². The fourth-order valence-corrected chi connectivity index (χ4v) is 2.58. The number of nitrogens with zero attached hydrogens (tertiary/aromatic N) is 2. The van der Waals surface area contributed by atoms with Gasteiger partial charge in [0.2, 0.25) is 0 Å². The second-order valence-electron chi connectivity index (χ2n) is 3.82. The summed E-state index contributed by atoms with van der Waals surface area (Å²) in [5.74, 6) is -1.09. The van der Waals surface area contributed by atoms with Crippen molar-refractivity contribution in [2.45, 2.75) is 6.42 Å². The van der Waals surface area contributed by atoms with Crippen molar-refractivity contribution in [3.8, 4) is 5.69 Å². The van der Waals surface area contributed by atoms with Crippen molar-refractivity contribution in [2.75, 3.05) is 6.61 Å². The van der Waals surface area contributed by atoms with E-state index in [-0.39, 0.29) is 18.7 Å². The summed E-state index contributed by atoms with van der Waals surface area (Å²) < 4.78 is 3.36. The molecule has 2 N–H and O–H groups in total. The molecule has 0 atom stereocenters. The third-order valence-corrected chi connectivity index (χ3v) is 3.87. The molecule has 0 aliphatic carbocycles. The van der Waals surface area contributed by atoms with Gasteiger partial charge in [0.1, 0.15) is 0 Å². The molecule has 1 heterocycles. The highest BCUT2D eigenvalue weighted by molar-refractivity contribution is 14.1. The van der Waals surface area contributed by atoms with Gasteiger partial charge in [-0.2, -0.15) is 5.10 Å². The monoisotopic (exact) mass is 436 g/mol. The van der Waals surface area contributed by atoms with Crippen LogP contribution in [-0.2, 0) is 6.42 Å². The number of carbonyl (C=O) groups is 1. The Bertz CT molecular complexity index is 627. The molecule has 0 unspecified atom stereocenters. The van der Waals surface area contributed by atoms with Gasteiger partial charge in [-0.25, -0.2) is 9.48 Å². The lowest BCUT2D eigenvalue weighted by molar-refractivity contribution is 0.0688. The van der Waals surface area contributed by atoms with Crippen molar-refractivity contribution >= 4 is 44.5 Å². The van der Waals surface area contributed by atoms with Gasteiger partial charge in [0.25, 0.3) is 0 Å². The fraction of sp³-hybridized carbons (Fsp3) is 0.167. The third kappa shape index (κ3) is 3.15. The Hall–Kier alpha value is -0.930. The normalized spacial score (nSPS) is 10.7. The molecule has 0 bridgehead atoms. The van der Waals surface area contributed by atoms with Gasteiger partial charge in [-0.15, -0.1) is 0 Å². The number of carboxylic acids is 1. The minimum Gasteiger partial charge on any atom is -0.476 e. The Morgan fingerprint density at radius 3 is 2.84 bits per heavy atom. The van der Waals surface area contributed by atoms with Gasteiger partial charge in [-0.1, -0.05) is 0 Å². The van der Waals surface area contributed by atoms with E-state index in [9.17, 15) is 4.79 Å². The van der Waals surface area contributed by atoms with Crippen LogP contribution in [0.1, 0.15) is 16.1 Å². The van der Waals surface area contributed by atoms with E-state index in [1.807, 2.05) is 18.2 Å². The van der Waals surface area contributed by atoms with Gasteiger partial charge in [0, 0.05) is 26.4 Å². The van der Waals surface area contributed by atoms with Crippen LogP contribution in [0.5, 0.6) is 0 Å². The number of aromatic nitrogens is 2. The van der Waals surface area contributed by atoms with Gasteiger partial charge in [-0.3, -0.25) is 0 Å². The van der Waals surface area contributed by atoms with Gasteiger partial charge in [-0.05, 0) is 63.1 Å². The van der Waals surface area contributed by atoms with E-state index in [4.69, 9.17) is 10.2 Å². The SMILES string of the molecule is O=C(O)c1nn(-c2cc(I)ccc2Br)cc1CCO. The molecule has 0 aliphatic rings. The molecule has 2 rings (SSSR count). The van der Waals surface area contributed by atoms with Crippen LogP contribution in [0.25, 0.3) is 5.69 Å². The van der Waals surface area contributed by atoms with Crippen molar-refractivity contribution in [1.29, 1.82) is 0 Å². The van der Waals surface area contributed by atoms with E-state index in [0.29, 0.717) is 5.56 Å². The summed E-state index contributed by atoms with van der Waals surface area (Å²) in [4.78, 5) is 11.1. The average molecular weight is 437 g/mol. The van der Waals surface area contributed by atoms with Crippen molar-refractivity contribution in [3.05, 3.63) is 43.7 Å². The number of benzene rings is 1. The first kappa shape index (κ1) is 14.5. The third-order valence-electron chi connectivity index (χ3n) is 2.53. The first-order valence-corrected chi connectivity index (χ1v) is 7.28. The summed E-state index contributed by atoms with van der Waals surface area (Å²) in [6.45, 7) is -0.112. The van der Waals surface area contributed by atoms with Crippen LogP contribution in [0.3, 0.4) is 0 Å². The molecule has 0 radical (unpaired) electrons. The lowest BCUT2D eigenvalue weighted by Crippen LogP contribution is -2.04. The highest BCUT2D eigenvalue weighted by Crippen LogP contribution is 2.24. The molecule has 0 spiro atoms. The Labute approximate surface area is 131 Å². The second kappa shape index (κ2) is 6.02. The first-order valence-electron chi connectivity index (χ1n) is 5.41. The molecule has 0 saturated carbocycles. The molecule has 5 nitrogen and oxygen atoms in total. The molecule has 1 aromatic heterocycles. The molecule has 0 aliphatic heterocycles. The summed E-state index contributed by atoms with van der Waals surface area (Å²) >= 11 is 5.59. The molecule has 0 saturated heterocycles. The van der Waals surface area contributed by atoms with Crippen molar-refractivity contribution in [2.24, 2.45) is 0 Å². The average Bonchev–Trinajstić information content (AvgIpc) is 2.77. The number of aliphatic hydroxyl groups excluding tert-OH is 1. The number of hydrogen-bond donors (Lipinski definition) is 2. The summed E-state index contributed by atoms with van der Waals surface area (Å²) in [5.41, 5.74) is 1.25. The zero-order valence-corrected chi connectivity index (χ0v) is 13.4. The molecule has 7 heteroatoms. The zero-order valence-electron chi connectivity index (χ0n) is 9.68. The quantitative estimate of drug-likeness (QED) is 0.722. The van der Waals surface area contributed by atoms with Crippen LogP contribution in [0, 0.1) is 3.57 Å². The predicted octanol–water partition coefficient (Wildman–Crippen LogP) is 2.47. The lowest BCUT2D eigenvalue weighted by Gasteiger charge is -2.04. The van der Waals surface area contributed by atoms with Gasteiger partial charge in [0.15, 0.2) is 5.69 Å². The van der Waals surface area contributed by atoms with Crippen LogP contribution in [0.4, 0.5) is 0 Å². The van der Waals surface area contributed by atoms with Crippen molar-refractivity contribution < 1.29 is 15.0 Å². The van der Waals surface area contributed by atoms with E-state index < -0.39 is 5.97 Å². The highest BCUT2D eigenvalue weighted by Gasteiger charge is 2.17. The molecule has 100 valence electrons. The van der Waals surface area contributed by atoms with Crippen LogP contribution in [0.2, 0.25) is 0 Å². The number of rotatable bonds is 4. The highest BCUT2D eigenvalue weighted by atomic mass is 127.